The minimum Gasteiger partial charge on any atom is -0.497 e. The zero-order valence-electron chi connectivity index (χ0n) is 19.4. The minimum atomic E-state index is -0.219. The first-order chi connectivity index (χ1) is 17.1. The van der Waals surface area contributed by atoms with Gasteiger partial charge in [-0.25, -0.2) is 4.98 Å². The third kappa shape index (κ3) is 2.75. The molecule has 1 atom stereocenters. The molecule has 1 aliphatic carbocycles. The van der Waals surface area contributed by atoms with Crippen molar-refractivity contribution in [1.29, 1.82) is 0 Å². The lowest BCUT2D eigenvalue weighted by Crippen LogP contribution is -2.23. The average molecular weight is 466 g/mol. The molecule has 4 aromatic rings. The first kappa shape index (κ1) is 20.3. The Morgan fingerprint density at radius 3 is 2.57 bits per heavy atom. The highest BCUT2D eigenvalue weighted by atomic mass is 16.7. The molecule has 35 heavy (non-hydrogen) atoms. The van der Waals surface area contributed by atoms with Crippen molar-refractivity contribution in [2.75, 3.05) is 13.9 Å². The molecule has 0 amide bonds. The van der Waals surface area contributed by atoms with E-state index < -0.39 is 0 Å². The van der Waals surface area contributed by atoms with Gasteiger partial charge < -0.3 is 18.8 Å². The first-order valence-electron chi connectivity index (χ1n) is 11.8. The van der Waals surface area contributed by atoms with Gasteiger partial charge >= 0.3 is 0 Å². The van der Waals surface area contributed by atoms with E-state index in [2.05, 4.69) is 0 Å². The molecule has 0 bridgehead atoms. The van der Waals surface area contributed by atoms with Crippen LogP contribution in [-0.2, 0) is 17.8 Å². The highest BCUT2D eigenvalue weighted by Gasteiger charge is 2.36. The quantitative estimate of drug-likeness (QED) is 0.391. The molecule has 0 saturated heterocycles. The van der Waals surface area contributed by atoms with Crippen molar-refractivity contribution in [2.24, 2.45) is 0 Å². The average Bonchev–Trinajstić information content (AvgIpc) is 3.56. The lowest BCUT2D eigenvalue weighted by molar-refractivity contribution is -0.119. The molecule has 0 radical (unpaired) electrons. The van der Waals surface area contributed by atoms with Crippen LogP contribution in [0.15, 0.2) is 47.3 Å². The van der Waals surface area contributed by atoms with E-state index in [-0.39, 0.29) is 30.5 Å². The van der Waals surface area contributed by atoms with Crippen LogP contribution in [0.25, 0.3) is 33.4 Å². The molecular formula is C28H22N2O5. The van der Waals surface area contributed by atoms with Crippen LogP contribution in [0.5, 0.6) is 17.2 Å². The van der Waals surface area contributed by atoms with Gasteiger partial charge in [0.05, 0.1) is 30.6 Å². The summed E-state index contributed by atoms with van der Waals surface area (Å²) in [5.41, 5.74) is 6.72. The number of nitrogens with zero attached hydrogens (tertiary/aromatic N) is 2. The summed E-state index contributed by atoms with van der Waals surface area (Å²) in [4.78, 5) is 31.1. The molecule has 1 unspecified atom stereocenters. The minimum absolute atomic E-state index is 0.0845. The predicted octanol–water partition coefficient (Wildman–Crippen LogP) is 4.45. The van der Waals surface area contributed by atoms with Crippen molar-refractivity contribution in [1.82, 2.24) is 9.55 Å². The second-order valence-corrected chi connectivity index (χ2v) is 9.22. The second-order valence-electron chi connectivity index (χ2n) is 9.22. The van der Waals surface area contributed by atoms with Crippen LogP contribution in [0.2, 0.25) is 0 Å². The highest BCUT2D eigenvalue weighted by Crippen LogP contribution is 2.46. The van der Waals surface area contributed by atoms with Gasteiger partial charge in [-0.05, 0) is 47.4 Å². The van der Waals surface area contributed by atoms with E-state index in [4.69, 9.17) is 19.2 Å². The van der Waals surface area contributed by atoms with Gasteiger partial charge in [0.1, 0.15) is 11.5 Å². The Morgan fingerprint density at radius 2 is 1.83 bits per heavy atom. The van der Waals surface area contributed by atoms with Crippen LogP contribution in [0.4, 0.5) is 0 Å². The number of benzene rings is 2. The summed E-state index contributed by atoms with van der Waals surface area (Å²) in [6, 6.07) is 13.8. The summed E-state index contributed by atoms with van der Waals surface area (Å²) in [6.07, 6.45) is 0.902. The lowest BCUT2D eigenvalue weighted by Gasteiger charge is -2.14. The number of ketones is 1. The Hall–Kier alpha value is -4.13. The molecule has 0 fully saturated rings. The molecule has 7 nitrogen and oxygen atoms in total. The van der Waals surface area contributed by atoms with Crippen molar-refractivity contribution in [3.63, 3.8) is 0 Å². The number of rotatable bonds is 3. The largest absolute Gasteiger partial charge is 0.497 e. The SMILES string of the molecule is CCC1C(=O)Cc2c1cc1n(c2=O)Cc2c-1nc1cc3c(cc1c2-c1ccc(OC)cc1)OCO3. The predicted molar refractivity (Wildman–Crippen MR) is 130 cm³/mol. The molecule has 0 N–H and O–H groups in total. The molecule has 174 valence electrons. The summed E-state index contributed by atoms with van der Waals surface area (Å²) in [6.45, 7) is 2.58. The van der Waals surface area contributed by atoms with Gasteiger partial charge in [0.25, 0.3) is 5.56 Å². The number of Topliss-reactive ketones (excluding diaryl/α,β-unsaturated/α-hetero) is 1. The molecule has 0 saturated carbocycles. The van der Waals surface area contributed by atoms with Gasteiger partial charge in [-0.1, -0.05) is 19.1 Å². The van der Waals surface area contributed by atoms with Crippen LogP contribution < -0.4 is 19.8 Å². The van der Waals surface area contributed by atoms with Crippen LogP contribution in [0, 0.1) is 0 Å². The topological polar surface area (TPSA) is 79.7 Å². The summed E-state index contributed by atoms with van der Waals surface area (Å²) >= 11 is 0. The first-order valence-corrected chi connectivity index (χ1v) is 11.8. The fourth-order valence-electron chi connectivity index (χ4n) is 5.77. The van der Waals surface area contributed by atoms with Crippen LogP contribution in [0.3, 0.4) is 0 Å². The highest BCUT2D eigenvalue weighted by molar-refractivity contribution is 6.01. The van der Waals surface area contributed by atoms with E-state index in [1.165, 1.54) is 0 Å². The fraction of sp³-hybridized carbons (Fsp3) is 0.250. The molecule has 7 rings (SSSR count). The summed E-state index contributed by atoms with van der Waals surface area (Å²) in [5, 5.41) is 0.938. The summed E-state index contributed by atoms with van der Waals surface area (Å²) in [5.74, 6) is 2.02. The summed E-state index contributed by atoms with van der Waals surface area (Å²) in [7, 11) is 1.64. The number of pyridine rings is 2. The van der Waals surface area contributed by atoms with E-state index in [0.717, 1.165) is 50.3 Å². The van der Waals surface area contributed by atoms with Gasteiger partial charge in [-0.3, -0.25) is 9.59 Å². The number of hydrogen-bond donors (Lipinski definition) is 0. The molecule has 3 aliphatic rings. The number of methoxy groups -OCH3 is 1. The number of carbonyl (C=O) groups is 1. The lowest BCUT2D eigenvalue weighted by atomic mass is 9.93. The smallest absolute Gasteiger partial charge is 0.255 e. The molecule has 4 heterocycles. The Balaban J connectivity index is 1.53. The Kier molecular flexibility index (Phi) is 4.16. The van der Waals surface area contributed by atoms with Crippen molar-refractivity contribution in [3.8, 4) is 39.8 Å². The fourth-order valence-corrected chi connectivity index (χ4v) is 5.77. The Labute approximate surface area is 200 Å². The maximum absolute atomic E-state index is 13.5. The van der Waals surface area contributed by atoms with E-state index in [0.29, 0.717) is 30.0 Å². The van der Waals surface area contributed by atoms with Gasteiger partial charge in [-0.15, -0.1) is 0 Å². The molecule has 7 heteroatoms. The molecule has 2 aromatic carbocycles. The normalized spacial score (nSPS) is 17.0. The third-order valence-electron chi connectivity index (χ3n) is 7.48. The van der Waals surface area contributed by atoms with Crippen molar-refractivity contribution in [3.05, 3.63) is 69.5 Å². The zero-order chi connectivity index (χ0) is 23.8. The zero-order valence-corrected chi connectivity index (χ0v) is 19.4. The van der Waals surface area contributed by atoms with Crippen molar-refractivity contribution in [2.45, 2.75) is 32.2 Å². The Morgan fingerprint density at radius 1 is 1.06 bits per heavy atom. The molecule has 0 spiro atoms. The number of fused-ring (bicyclic) bond motifs is 6. The van der Waals surface area contributed by atoms with Crippen molar-refractivity contribution >= 4 is 16.7 Å². The van der Waals surface area contributed by atoms with E-state index >= 15 is 0 Å². The van der Waals surface area contributed by atoms with Gasteiger partial charge in [-0.2, -0.15) is 0 Å². The maximum atomic E-state index is 13.5. The second kappa shape index (κ2) is 7.18. The van der Waals surface area contributed by atoms with Crippen molar-refractivity contribution < 1.29 is 19.0 Å². The van der Waals surface area contributed by atoms with Crippen LogP contribution in [0.1, 0.15) is 36.0 Å². The molecular weight excluding hydrogens is 444 g/mol. The van der Waals surface area contributed by atoms with Gasteiger partial charge in [0.2, 0.25) is 6.79 Å². The van der Waals surface area contributed by atoms with Crippen LogP contribution in [-0.4, -0.2) is 29.2 Å². The van der Waals surface area contributed by atoms with E-state index in [9.17, 15) is 9.59 Å². The van der Waals surface area contributed by atoms with Crippen LogP contribution >= 0.6 is 0 Å². The molecule has 2 aromatic heterocycles. The van der Waals surface area contributed by atoms with E-state index in [1.54, 1.807) is 11.7 Å². The van der Waals surface area contributed by atoms with Gasteiger partial charge in [0, 0.05) is 34.9 Å². The molecule has 2 aliphatic heterocycles. The number of hydrogen-bond acceptors (Lipinski definition) is 6. The number of carbonyl (C=O) groups excluding carboxylic acids is 1. The van der Waals surface area contributed by atoms with Gasteiger partial charge in [0.15, 0.2) is 11.5 Å². The maximum Gasteiger partial charge on any atom is 0.255 e. The monoisotopic (exact) mass is 466 g/mol. The summed E-state index contributed by atoms with van der Waals surface area (Å²) < 4.78 is 18.4. The Bertz CT molecular complexity index is 1630. The number of aromatic nitrogens is 2. The third-order valence-corrected chi connectivity index (χ3v) is 7.48. The number of ether oxygens (including phenoxy) is 3. The van der Waals surface area contributed by atoms with E-state index in [1.807, 2.05) is 49.4 Å². The standard InChI is InChI=1S/C28H22N2O5/c1-3-16-17-8-22-27-20(12-30(22)28(32)18(17)9-23(16)31)26(14-4-6-15(33-2)7-5-14)19-10-24-25(35-13-34-24)11-21(19)29-27/h4-8,10-11,16H,3,9,12-13H2,1-2H3.